The van der Waals surface area contributed by atoms with Crippen molar-refractivity contribution in [1.29, 1.82) is 0 Å². The first-order valence-corrected chi connectivity index (χ1v) is 6.93. The van der Waals surface area contributed by atoms with Crippen LogP contribution in [0.5, 0.6) is 0 Å². The molecule has 0 aliphatic carbocycles. The highest BCUT2D eigenvalue weighted by atomic mass is 16.1. The highest BCUT2D eigenvalue weighted by Crippen LogP contribution is 2.20. The number of hydrogen-bond acceptors (Lipinski definition) is 2. The Bertz CT molecular complexity index is 658. The van der Waals surface area contributed by atoms with Crippen molar-refractivity contribution in [3.63, 3.8) is 0 Å². The van der Waals surface area contributed by atoms with Gasteiger partial charge in [-0.1, -0.05) is 23.8 Å². The van der Waals surface area contributed by atoms with Gasteiger partial charge in [-0.25, -0.2) is 0 Å². The number of likely N-dealkylation sites (N-methyl/N-ethyl adjacent to an activating group) is 1. The lowest BCUT2D eigenvalue weighted by Gasteiger charge is -2.20. The first-order chi connectivity index (χ1) is 9.51. The van der Waals surface area contributed by atoms with Crippen LogP contribution < -0.4 is 10.9 Å². The van der Waals surface area contributed by atoms with Crippen LogP contribution in [0, 0.1) is 20.8 Å². The maximum atomic E-state index is 12.0. The fourth-order valence-electron chi connectivity index (χ4n) is 2.52. The van der Waals surface area contributed by atoms with Gasteiger partial charge in [-0.05, 0) is 50.6 Å². The predicted molar refractivity (Wildman–Crippen MR) is 83.2 cm³/mol. The van der Waals surface area contributed by atoms with Gasteiger partial charge in [-0.15, -0.1) is 0 Å². The number of nitrogens with one attached hydrogen (secondary N) is 1. The molecular weight excluding hydrogens is 248 g/mol. The van der Waals surface area contributed by atoms with Crippen LogP contribution in [0.2, 0.25) is 0 Å². The maximum Gasteiger partial charge on any atom is 0.250 e. The van der Waals surface area contributed by atoms with Crippen molar-refractivity contribution in [3.05, 3.63) is 69.1 Å². The van der Waals surface area contributed by atoms with E-state index in [0.717, 1.165) is 5.56 Å². The molecule has 1 heterocycles. The predicted octanol–water partition coefficient (Wildman–Crippen LogP) is 2.73. The van der Waals surface area contributed by atoms with Crippen LogP contribution in [0.1, 0.15) is 28.3 Å². The summed E-state index contributed by atoms with van der Waals surface area (Å²) in [6.45, 7) is 6.78. The summed E-state index contributed by atoms with van der Waals surface area (Å²) >= 11 is 0. The fourth-order valence-corrected chi connectivity index (χ4v) is 2.52. The zero-order valence-corrected chi connectivity index (χ0v) is 12.6. The van der Waals surface area contributed by atoms with E-state index < -0.39 is 0 Å². The standard InChI is InChI=1S/C17H22N2O/c1-12-5-6-15(14(3)9-12)16(18-4)11-19-8-7-13(2)10-17(19)20/h5-10,16,18H,11H2,1-4H3. The molecule has 106 valence electrons. The number of nitrogens with zero attached hydrogens (tertiary/aromatic N) is 1. The molecule has 1 aromatic carbocycles. The summed E-state index contributed by atoms with van der Waals surface area (Å²) in [4.78, 5) is 12.0. The van der Waals surface area contributed by atoms with Crippen molar-refractivity contribution in [2.45, 2.75) is 33.4 Å². The highest BCUT2D eigenvalue weighted by Gasteiger charge is 2.13. The third-order valence-corrected chi connectivity index (χ3v) is 3.68. The van der Waals surface area contributed by atoms with Gasteiger partial charge in [0.2, 0.25) is 0 Å². The zero-order chi connectivity index (χ0) is 14.7. The Morgan fingerprint density at radius 3 is 2.40 bits per heavy atom. The molecule has 3 nitrogen and oxygen atoms in total. The lowest BCUT2D eigenvalue weighted by molar-refractivity contribution is 0.489. The minimum atomic E-state index is 0.0509. The second kappa shape index (κ2) is 6.06. The number of benzene rings is 1. The van der Waals surface area contributed by atoms with Gasteiger partial charge in [0.25, 0.3) is 5.56 Å². The highest BCUT2D eigenvalue weighted by molar-refractivity contribution is 5.32. The lowest BCUT2D eigenvalue weighted by atomic mass is 9.99. The number of aryl methyl sites for hydroxylation is 3. The minimum Gasteiger partial charge on any atom is -0.314 e. The van der Waals surface area contributed by atoms with Gasteiger partial charge in [0, 0.05) is 18.8 Å². The molecule has 0 saturated heterocycles. The van der Waals surface area contributed by atoms with E-state index in [4.69, 9.17) is 0 Å². The molecule has 1 aromatic heterocycles. The van der Waals surface area contributed by atoms with E-state index in [1.165, 1.54) is 16.7 Å². The summed E-state index contributed by atoms with van der Waals surface area (Å²) in [7, 11) is 1.93. The average molecular weight is 270 g/mol. The molecule has 0 amide bonds. The number of rotatable bonds is 4. The SMILES string of the molecule is CNC(Cn1ccc(C)cc1=O)c1ccc(C)cc1C. The lowest BCUT2D eigenvalue weighted by Crippen LogP contribution is -2.28. The molecule has 1 unspecified atom stereocenters. The Balaban J connectivity index is 2.31. The average Bonchev–Trinajstić information content (AvgIpc) is 2.39. The molecule has 0 saturated carbocycles. The summed E-state index contributed by atoms with van der Waals surface area (Å²) in [6.07, 6.45) is 1.87. The van der Waals surface area contributed by atoms with Crippen molar-refractivity contribution in [1.82, 2.24) is 9.88 Å². The number of hydrogen-bond donors (Lipinski definition) is 1. The molecule has 3 heteroatoms. The fraction of sp³-hybridized carbons (Fsp3) is 0.353. The second-order valence-corrected chi connectivity index (χ2v) is 5.40. The molecule has 2 aromatic rings. The van der Waals surface area contributed by atoms with Crippen molar-refractivity contribution in [2.75, 3.05) is 7.05 Å². The smallest absolute Gasteiger partial charge is 0.250 e. The van der Waals surface area contributed by atoms with E-state index >= 15 is 0 Å². The molecule has 0 aliphatic heterocycles. The number of pyridine rings is 1. The topological polar surface area (TPSA) is 34.0 Å². The quantitative estimate of drug-likeness (QED) is 0.927. The van der Waals surface area contributed by atoms with Crippen molar-refractivity contribution in [2.24, 2.45) is 0 Å². The van der Waals surface area contributed by atoms with E-state index in [1.807, 2.05) is 26.2 Å². The van der Waals surface area contributed by atoms with Gasteiger partial charge in [0.15, 0.2) is 0 Å². The Morgan fingerprint density at radius 1 is 1.10 bits per heavy atom. The van der Waals surface area contributed by atoms with E-state index in [-0.39, 0.29) is 11.6 Å². The molecule has 0 bridgehead atoms. The Kier molecular flexibility index (Phi) is 4.40. The van der Waals surface area contributed by atoms with E-state index in [1.54, 1.807) is 10.6 Å². The second-order valence-electron chi connectivity index (χ2n) is 5.40. The molecular formula is C17H22N2O. The van der Waals surface area contributed by atoms with E-state index in [0.29, 0.717) is 6.54 Å². The van der Waals surface area contributed by atoms with Gasteiger partial charge in [-0.2, -0.15) is 0 Å². The molecule has 0 aliphatic rings. The normalized spacial score (nSPS) is 12.4. The van der Waals surface area contributed by atoms with Gasteiger partial charge >= 0.3 is 0 Å². The summed E-state index contributed by atoms with van der Waals surface area (Å²) in [5.74, 6) is 0. The third-order valence-electron chi connectivity index (χ3n) is 3.68. The third kappa shape index (κ3) is 3.17. The van der Waals surface area contributed by atoms with E-state index in [2.05, 4.69) is 37.4 Å². The first-order valence-electron chi connectivity index (χ1n) is 6.93. The molecule has 0 fully saturated rings. The molecule has 20 heavy (non-hydrogen) atoms. The van der Waals surface area contributed by atoms with Gasteiger partial charge < -0.3 is 9.88 Å². The summed E-state index contributed by atoms with van der Waals surface area (Å²) in [5, 5.41) is 3.31. The largest absolute Gasteiger partial charge is 0.314 e. The number of aromatic nitrogens is 1. The van der Waals surface area contributed by atoms with E-state index in [9.17, 15) is 4.79 Å². The van der Waals surface area contributed by atoms with Crippen LogP contribution in [-0.4, -0.2) is 11.6 Å². The summed E-state index contributed by atoms with van der Waals surface area (Å²) in [6, 6.07) is 10.2. The van der Waals surface area contributed by atoms with Gasteiger partial charge in [0.1, 0.15) is 0 Å². The summed E-state index contributed by atoms with van der Waals surface area (Å²) in [5.41, 5.74) is 4.80. The first kappa shape index (κ1) is 14.5. The van der Waals surface area contributed by atoms with Crippen LogP contribution in [0.4, 0.5) is 0 Å². The Hall–Kier alpha value is -1.87. The molecule has 1 N–H and O–H groups in total. The van der Waals surface area contributed by atoms with Crippen LogP contribution in [0.25, 0.3) is 0 Å². The van der Waals surface area contributed by atoms with Crippen LogP contribution in [0.3, 0.4) is 0 Å². The Labute approximate surface area is 120 Å². The van der Waals surface area contributed by atoms with Crippen LogP contribution >= 0.6 is 0 Å². The molecule has 2 rings (SSSR count). The maximum absolute atomic E-state index is 12.0. The van der Waals surface area contributed by atoms with Crippen LogP contribution in [0.15, 0.2) is 41.3 Å². The van der Waals surface area contributed by atoms with Gasteiger partial charge in [0.05, 0.1) is 6.04 Å². The van der Waals surface area contributed by atoms with Gasteiger partial charge in [-0.3, -0.25) is 4.79 Å². The van der Waals surface area contributed by atoms with Crippen molar-refractivity contribution < 1.29 is 0 Å². The minimum absolute atomic E-state index is 0.0509. The molecule has 0 radical (unpaired) electrons. The van der Waals surface area contributed by atoms with Crippen LogP contribution in [-0.2, 0) is 6.54 Å². The zero-order valence-electron chi connectivity index (χ0n) is 12.6. The molecule has 1 atom stereocenters. The Morgan fingerprint density at radius 2 is 1.80 bits per heavy atom. The molecule has 0 spiro atoms. The van der Waals surface area contributed by atoms with Crippen molar-refractivity contribution >= 4 is 0 Å². The summed E-state index contributed by atoms with van der Waals surface area (Å²) < 4.78 is 1.76. The monoisotopic (exact) mass is 270 g/mol. The van der Waals surface area contributed by atoms with Crippen molar-refractivity contribution in [3.8, 4) is 0 Å².